The Morgan fingerprint density at radius 2 is 1.66 bits per heavy atom. The number of H-pyrrole nitrogens is 2. The van der Waals surface area contributed by atoms with Crippen LogP contribution in [0.3, 0.4) is 0 Å². The second kappa shape index (κ2) is 9.92. The third-order valence-corrected chi connectivity index (χ3v) is 6.68. The lowest BCUT2D eigenvalue weighted by Gasteiger charge is -2.17. The highest BCUT2D eigenvalue weighted by atomic mass is 79.9. The van der Waals surface area contributed by atoms with Crippen LogP contribution in [0.1, 0.15) is 25.0 Å². The third kappa shape index (κ3) is 4.89. The molecule has 5 heterocycles. The first kappa shape index (κ1) is 23.7. The van der Waals surface area contributed by atoms with Crippen molar-refractivity contribution in [1.29, 1.82) is 0 Å². The normalized spacial score (nSPS) is 12.2. The number of anilines is 2. The second-order valence-corrected chi connectivity index (χ2v) is 9.98. The Morgan fingerprint density at radius 3 is 2.37 bits per heavy atom. The number of nitrogens with zero attached hydrogens (tertiary/aromatic N) is 5. The Morgan fingerprint density at radius 1 is 0.971 bits per heavy atom. The molecular formula is C23H19Br2ClN8O. The van der Waals surface area contributed by atoms with Gasteiger partial charge in [0.15, 0.2) is 0 Å². The van der Waals surface area contributed by atoms with Crippen molar-refractivity contribution in [2.45, 2.75) is 26.5 Å². The monoisotopic (exact) mass is 616 g/mol. The summed E-state index contributed by atoms with van der Waals surface area (Å²) in [7, 11) is 0. The van der Waals surface area contributed by atoms with Crippen LogP contribution in [-0.4, -0.2) is 42.2 Å². The maximum absolute atomic E-state index is 5.99. The average molecular weight is 619 g/mol. The van der Waals surface area contributed by atoms with E-state index in [1.807, 2.05) is 26.3 Å². The zero-order valence-corrected chi connectivity index (χ0v) is 22.5. The molecule has 0 saturated carbocycles. The van der Waals surface area contributed by atoms with Gasteiger partial charge in [-0.25, -0.2) is 19.9 Å². The van der Waals surface area contributed by atoms with Crippen molar-refractivity contribution in [3.63, 3.8) is 0 Å². The van der Waals surface area contributed by atoms with Crippen molar-refractivity contribution in [2.75, 3.05) is 5.32 Å². The van der Waals surface area contributed by atoms with Crippen molar-refractivity contribution in [3.8, 4) is 5.75 Å². The van der Waals surface area contributed by atoms with Crippen LogP contribution in [0.15, 0.2) is 51.1 Å². The van der Waals surface area contributed by atoms with E-state index in [2.05, 4.69) is 84.2 Å². The average Bonchev–Trinajstić information content (AvgIpc) is 3.54. The number of hydrogen-bond donors (Lipinski definition) is 3. The topological polar surface area (TPSA) is 117 Å². The Bertz CT molecular complexity index is 1560. The highest BCUT2D eigenvalue weighted by molar-refractivity contribution is 9.11. The number of benzene rings is 1. The number of hydrogen-bond acceptors (Lipinski definition) is 7. The van der Waals surface area contributed by atoms with Gasteiger partial charge < -0.3 is 20.0 Å². The number of ether oxygens (including phenoxy) is 1. The van der Waals surface area contributed by atoms with Crippen molar-refractivity contribution < 1.29 is 4.74 Å². The number of rotatable bonds is 4. The summed E-state index contributed by atoms with van der Waals surface area (Å²) in [6.45, 7) is 4.73. The van der Waals surface area contributed by atoms with E-state index in [1.54, 1.807) is 6.20 Å². The smallest absolute Gasteiger partial charge is 0.144 e. The van der Waals surface area contributed by atoms with E-state index in [9.17, 15) is 0 Å². The molecule has 0 atom stereocenters. The zero-order valence-electron chi connectivity index (χ0n) is 18.6. The first-order valence-corrected chi connectivity index (χ1v) is 12.6. The molecule has 35 heavy (non-hydrogen) atoms. The van der Waals surface area contributed by atoms with E-state index in [1.165, 1.54) is 18.2 Å². The van der Waals surface area contributed by atoms with Crippen molar-refractivity contribution in [3.05, 3.63) is 62.4 Å². The van der Waals surface area contributed by atoms with Crippen LogP contribution < -0.4 is 10.1 Å². The van der Waals surface area contributed by atoms with Gasteiger partial charge in [0.05, 0.1) is 29.1 Å². The lowest BCUT2D eigenvalue weighted by atomic mass is 10.1. The molecule has 4 aromatic heterocycles. The number of nitrogens with one attached hydrogen (secondary N) is 3. The first-order chi connectivity index (χ1) is 16.9. The predicted molar refractivity (Wildman–Crippen MR) is 145 cm³/mol. The fourth-order valence-electron chi connectivity index (χ4n) is 3.62. The molecule has 0 aliphatic carbocycles. The highest BCUT2D eigenvalue weighted by Crippen LogP contribution is 2.36. The second-order valence-electron chi connectivity index (χ2n) is 7.92. The van der Waals surface area contributed by atoms with Crippen LogP contribution in [0.4, 0.5) is 11.5 Å². The highest BCUT2D eigenvalue weighted by Gasteiger charge is 2.17. The SMILES string of the molecule is CC(C)Oc1cc2c(cc1Nc1ncnc3[nH]cc(Br)c13)C=NC2.Clc1ncnc2[nH]cc(Br)c12. The number of aliphatic imine (C=N–C) groups is 1. The van der Waals surface area contributed by atoms with E-state index in [0.29, 0.717) is 11.7 Å². The van der Waals surface area contributed by atoms with Gasteiger partial charge in [0.2, 0.25) is 0 Å². The number of halogens is 3. The van der Waals surface area contributed by atoms with Crippen LogP contribution >= 0.6 is 43.5 Å². The molecule has 9 nitrogen and oxygen atoms in total. The molecule has 1 aromatic carbocycles. The summed E-state index contributed by atoms with van der Waals surface area (Å²) in [5.41, 5.74) is 4.66. The van der Waals surface area contributed by atoms with Crippen LogP contribution in [-0.2, 0) is 6.54 Å². The Hall–Kier alpha value is -3.02. The van der Waals surface area contributed by atoms with Gasteiger partial charge in [-0.05, 0) is 69.0 Å². The minimum Gasteiger partial charge on any atom is -0.489 e. The molecule has 3 N–H and O–H groups in total. The summed E-state index contributed by atoms with van der Waals surface area (Å²) in [6, 6.07) is 4.10. The lowest BCUT2D eigenvalue weighted by Crippen LogP contribution is -2.08. The molecule has 5 aromatic rings. The Balaban J connectivity index is 0.000000192. The van der Waals surface area contributed by atoms with Gasteiger partial charge in [-0.15, -0.1) is 0 Å². The van der Waals surface area contributed by atoms with Gasteiger partial charge in [0.1, 0.15) is 40.7 Å². The summed E-state index contributed by atoms with van der Waals surface area (Å²) in [4.78, 5) is 26.8. The van der Waals surface area contributed by atoms with Crippen molar-refractivity contribution >= 4 is 83.2 Å². The van der Waals surface area contributed by atoms with Gasteiger partial charge in [0, 0.05) is 27.6 Å². The minimum absolute atomic E-state index is 0.0790. The van der Waals surface area contributed by atoms with E-state index in [0.717, 1.165) is 53.8 Å². The van der Waals surface area contributed by atoms with Gasteiger partial charge in [-0.3, -0.25) is 4.99 Å². The molecule has 178 valence electrons. The molecule has 0 fully saturated rings. The van der Waals surface area contributed by atoms with Crippen LogP contribution in [0.5, 0.6) is 5.75 Å². The van der Waals surface area contributed by atoms with E-state index in [-0.39, 0.29) is 6.10 Å². The maximum atomic E-state index is 5.99. The molecule has 0 unspecified atom stereocenters. The zero-order chi connectivity index (χ0) is 24.5. The molecule has 0 amide bonds. The molecule has 0 radical (unpaired) electrons. The number of aromatic nitrogens is 6. The van der Waals surface area contributed by atoms with E-state index >= 15 is 0 Å². The maximum Gasteiger partial charge on any atom is 0.144 e. The Kier molecular flexibility index (Phi) is 6.72. The van der Waals surface area contributed by atoms with E-state index < -0.39 is 0 Å². The molecule has 1 aliphatic rings. The van der Waals surface area contributed by atoms with Crippen LogP contribution in [0, 0.1) is 0 Å². The molecule has 0 bridgehead atoms. The number of fused-ring (bicyclic) bond motifs is 3. The summed E-state index contributed by atoms with van der Waals surface area (Å²) in [6.07, 6.45) is 8.56. The predicted octanol–water partition coefficient (Wildman–Crippen LogP) is 6.56. The molecule has 1 aliphatic heterocycles. The molecule has 6 rings (SSSR count). The fourth-order valence-corrected chi connectivity index (χ4v) is 4.95. The third-order valence-electron chi connectivity index (χ3n) is 5.15. The standard InChI is InChI=1S/C17H16BrN5O.C6H3BrClN3/c1-9(2)24-14-4-11-6-19-5-10(11)3-13(14)23-17-15-12(18)7-20-16(15)21-8-22-17;7-3-1-9-6-4(3)5(8)10-2-11-6/h3-5,7-9H,6H2,1-2H3,(H2,20,21,22,23);1-2H,(H,9,10,11). The summed E-state index contributed by atoms with van der Waals surface area (Å²) >= 11 is 12.7. The minimum atomic E-state index is 0.0790. The van der Waals surface area contributed by atoms with Gasteiger partial charge in [-0.2, -0.15) is 0 Å². The Labute approximate surface area is 222 Å². The fraction of sp³-hybridized carbons (Fsp3) is 0.174. The van der Waals surface area contributed by atoms with Crippen LogP contribution in [0.25, 0.3) is 22.1 Å². The van der Waals surface area contributed by atoms with Gasteiger partial charge in [-0.1, -0.05) is 11.6 Å². The van der Waals surface area contributed by atoms with Gasteiger partial charge in [0.25, 0.3) is 0 Å². The van der Waals surface area contributed by atoms with Crippen molar-refractivity contribution in [1.82, 2.24) is 29.9 Å². The molecule has 12 heteroatoms. The lowest BCUT2D eigenvalue weighted by molar-refractivity contribution is 0.243. The van der Waals surface area contributed by atoms with E-state index in [4.69, 9.17) is 16.3 Å². The summed E-state index contributed by atoms with van der Waals surface area (Å²) in [5.74, 6) is 1.52. The van der Waals surface area contributed by atoms with Crippen LogP contribution in [0.2, 0.25) is 5.15 Å². The van der Waals surface area contributed by atoms with Gasteiger partial charge >= 0.3 is 0 Å². The first-order valence-electron chi connectivity index (χ1n) is 10.6. The quantitative estimate of drug-likeness (QED) is 0.197. The summed E-state index contributed by atoms with van der Waals surface area (Å²) in [5, 5.41) is 5.58. The number of aromatic amines is 2. The molecule has 0 spiro atoms. The summed E-state index contributed by atoms with van der Waals surface area (Å²) < 4.78 is 7.78. The molecular weight excluding hydrogens is 600 g/mol. The largest absolute Gasteiger partial charge is 0.489 e. The van der Waals surface area contributed by atoms with Crippen molar-refractivity contribution in [2.24, 2.45) is 4.99 Å². The molecule has 0 saturated heterocycles.